The van der Waals surface area contributed by atoms with Crippen LogP contribution < -0.4 is 0 Å². The lowest BCUT2D eigenvalue weighted by Gasteiger charge is -2.24. The number of carbonyl (C=O) groups excluding carboxylic acids is 1. The number of hydrogen-bond acceptors (Lipinski definition) is 3. The van der Waals surface area contributed by atoms with Crippen LogP contribution in [0.15, 0.2) is 36.4 Å². The lowest BCUT2D eigenvalue weighted by Crippen LogP contribution is -2.35. The second kappa shape index (κ2) is 6.30. The van der Waals surface area contributed by atoms with Gasteiger partial charge in [-0.05, 0) is 32.8 Å². The third-order valence-corrected chi connectivity index (χ3v) is 4.33. The highest BCUT2D eigenvalue weighted by atomic mass is 16.6. The predicted octanol–water partition coefficient (Wildman–Crippen LogP) is 4.05. The highest BCUT2D eigenvalue weighted by Gasteiger charge is 2.36. The largest absolute Gasteiger partial charge is 0.444 e. The summed E-state index contributed by atoms with van der Waals surface area (Å²) in [4.78, 5) is 14.1. The average Bonchev–Trinajstić information content (AvgIpc) is 3.13. The number of hydrogen-bond donors (Lipinski definition) is 1. The summed E-state index contributed by atoms with van der Waals surface area (Å²) in [5.41, 5.74) is 2.64. The molecule has 0 saturated carbocycles. The smallest absolute Gasteiger partial charge is 0.410 e. The first-order valence-corrected chi connectivity index (χ1v) is 8.42. The Morgan fingerprint density at radius 2 is 1.96 bits per heavy atom. The lowest BCUT2D eigenvalue weighted by atomic mass is 9.94. The quantitative estimate of drug-likeness (QED) is 0.905. The molecule has 5 nitrogen and oxygen atoms in total. The average molecular weight is 327 g/mol. The number of nitrogens with one attached hydrogen (secondary N) is 1. The molecular formula is C19H25N3O2. The minimum atomic E-state index is -0.465. The van der Waals surface area contributed by atoms with Crippen LogP contribution >= 0.6 is 0 Å². The molecule has 2 atom stereocenters. The van der Waals surface area contributed by atoms with Crippen LogP contribution in [0.25, 0.3) is 11.3 Å². The maximum absolute atomic E-state index is 12.3. The van der Waals surface area contributed by atoms with Crippen molar-refractivity contribution in [1.82, 2.24) is 15.1 Å². The second-order valence-electron chi connectivity index (χ2n) is 7.54. The van der Waals surface area contributed by atoms with Gasteiger partial charge in [-0.15, -0.1) is 0 Å². The number of nitrogens with zero attached hydrogens (tertiary/aromatic N) is 2. The van der Waals surface area contributed by atoms with Crippen molar-refractivity contribution in [2.45, 2.75) is 39.2 Å². The van der Waals surface area contributed by atoms with Crippen molar-refractivity contribution in [2.24, 2.45) is 5.92 Å². The van der Waals surface area contributed by atoms with E-state index < -0.39 is 5.60 Å². The zero-order chi connectivity index (χ0) is 17.3. The highest BCUT2D eigenvalue weighted by Crippen LogP contribution is 2.33. The molecule has 1 N–H and O–H groups in total. The Hall–Kier alpha value is -2.30. The van der Waals surface area contributed by atoms with Gasteiger partial charge in [-0.25, -0.2) is 4.79 Å². The molecule has 1 fully saturated rings. The summed E-state index contributed by atoms with van der Waals surface area (Å²) in [6.07, 6.45) is -0.236. The molecule has 128 valence electrons. The number of carbonyl (C=O) groups is 1. The minimum Gasteiger partial charge on any atom is -0.444 e. The standard InChI is InChI=1S/C19H25N3O2/c1-13-11-22(18(23)24-19(2,3)4)12-15(13)17-10-16(20-21-17)14-8-6-5-7-9-14/h5-10,13,15H,11-12H2,1-4H3,(H,20,21)/t13-,15-/m1/s1. The molecular weight excluding hydrogens is 302 g/mol. The molecule has 0 bridgehead atoms. The molecule has 1 saturated heterocycles. The molecule has 24 heavy (non-hydrogen) atoms. The maximum atomic E-state index is 12.3. The lowest BCUT2D eigenvalue weighted by molar-refractivity contribution is 0.0287. The molecule has 1 amide bonds. The molecule has 1 aromatic carbocycles. The van der Waals surface area contributed by atoms with Gasteiger partial charge >= 0.3 is 6.09 Å². The minimum absolute atomic E-state index is 0.236. The van der Waals surface area contributed by atoms with Crippen molar-refractivity contribution in [3.05, 3.63) is 42.1 Å². The van der Waals surface area contributed by atoms with E-state index in [1.807, 2.05) is 51.1 Å². The molecule has 0 aliphatic carbocycles. The molecule has 0 spiro atoms. The fourth-order valence-corrected chi connectivity index (χ4v) is 3.13. The number of likely N-dealkylation sites (tertiary alicyclic amines) is 1. The molecule has 1 aliphatic rings. The highest BCUT2D eigenvalue weighted by molar-refractivity contribution is 5.69. The van der Waals surface area contributed by atoms with Gasteiger partial charge in [-0.3, -0.25) is 5.10 Å². The number of aromatic amines is 1. The topological polar surface area (TPSA) is 58.2 Å². The summed E-state index contributed by atoms with van der Waals surface area (Å²) in [6.45, 7) is 9.21. The Bertz CT molecular complexity index is 703. The van der Waals surface area contributed by atoms with Crippen LogP contribution in [0.3, 0.4) is 0 Å². The SMILES string of the molecule is C[C@@H]1CN(C(=O)OC(C)(C)C)C[C@H]1c1cc(-c2ccccc2)n[nH]1. The Kier molecular flexibility index (Phi) is 4.35. The Balaban J connectivity index is 1.72. The molecule has 5 heteroatoms. The first-order valence-electron chi connectivity index (χ1n) is 8.42. The van der Waals surface area contributed by atoms with Crippen molar-refractivity contribution in [1.29, 1.82) is 0 Å². The van der Waals surface area contributed by atoms with E-state index in [9.17, 15) is 4.79 Å². The van der Waals surface area contributed by atoms with Gasteiger partial charge in [0.25, 0.3) is 0 Å². The van der Waals surface area contributed by atoms with Gasteiger partial charge in [-0.1, -0.05) is 37.3 Å². The number of H-pyrrole nitrogens is 1. The first kappa shape index (κ1) is 16.6. The van der Waals surface area contributed by atoms with E-state index in [-0.39, 0.29) is 12.0 Å². The van der Waals surface area contributed by atoms with Crippen LogP contribution in [0.5, 0.6) is 0 Å². The van der Waals surface area contributed by atoms with Gasteiger partial charge in [0.2, 0.25) is 0 Å². The Morgan fingerprint density at radius 1 is 1.25 bits per heavy atom. The monoisotopic (exact) mass is 327 g/mol. The number of aromatic nitrogens is 2. The van der Waals surface area contributed by atoms with E-state index in [4.69, 9.17) is 4.74 Å². The van der Waals surface area contributed by atoms with Gasteiger partial charge in [-0.2, -0.15) is 5.10 Å². The van der Waals surface area contributed by atoms with E-state index in [1.165, 1.54) is 0 Å². The van der Waals surface area contributed by atoms with Crippen LogP contribution in [0.1, 0.15) is 39.3 Å². The third-order valence-electron chi connectivity index (χ3n) is 4.33. The molecule has 0 unspecified atom stereocenters. The fraction of sp³-hybridized carbons (Fsp3) is 0.474. The molecule has 2 aromatic rings. The Morgan fingerprint density at radius 3 is 2.62 bits per heavy atom. The van der Waals surface area contributed by atoms with Gasteiger partial charge in [0.15, 0.2) is 0 Å². The van der Waals surface area contributed by atoms with Crippen LogP contribution in [0.2, 0.25) is 0 Å². The first-order chi connectivity index (χ1) is 11.3. The summed E-state index contributed by atoms with van der Waals surface area (Å²) in [5, 5.41) is 7.59. The summed E-state index contributed by atoms with van der Waals surface area (Å²) >= 11 is 0. The predicted molar refractivity (Wildman–Crippen MR) is 93.7 cm³/mol. The fourth-order valence-electron chi connectivity index (χ4n) is 3.13. The van der Waals surface area contributed by atoms with Crippen molar-refractivity contribution in [3.63, 3.8) is 0 Å². The molecule has 3 rings (SSSR count). The molecule has 0 radical (unpaired) electrons. The zero-order valence-electron chi connectivity index (χ0n) is 14.7. The van der Waals surface area contributed by atoms with Gasteiger partial charge < -0.3 is 9.64 Å². The molecule has 2 heterocycles. The number of amides is 1. The molecule has 1 aliphatic heterocycles. The maximum Gasteiger partial charge on any atom is 0.410 e. The second-order valence-corrected chi connectivity index (χ2v) is 7.54. The van der Waals surface area contributed by atoms with Crippen molar-refractivity contribution in [2.75, 3.05) is 13.1 Å². The van der Waals surface area contributed by atoms with E-state index in [0.29, 0.717) is 19.0 Å². The van der Waals surface area contributed by atoms with E-state index in [2.05, 4.69) is 23.2 Å². The van der Waals surface area contributed by atoms with Crippen LogP contribution in [-0.4, -0.2) is 39.9 Å². The van der Waals surface area contributed by atoms with Gasteiger partial charge in [0.1, 0.15) is 5.60 Å². The number of benzene rings is 1. The van der Waals surface area contributed by atoms with E-state index >= 15 is 0 Å². The summed E-state index contributed by atoms with van der Waals surface area (Å²) in [6, 6.07) is 12.2. The van der Waals surface area contributed by atoms with Crippen LogP contribution in [0.4, 0.5) is 4.79 Å². The number of rotatable bonds is 2. The summed E-state index contributed by atoms with van der Waals surface area (Å²) in [7, 11) is 0. The summed E-state index contributed by atoms with van der Waals surface area (Å²) < 4.78 is 5.49. The van der Waals surface area contributed by atoms with Crippen LogP contribution in [-0.2, 0) is 4.74 Å². The van der Waals surface area contributed by atoms with Crippen molar-refractivity contribution >= 4 is 6.09 Å². The summed E-state index contributed by atoms with van der Waals surface area (Å²) in [5.74, 6) is 0.615. The van der Waals surface area contributed by atoms with Crippen molar-refractivity contribution in [3.8, 4) is 11.3 Å². The third kappa shape index (κ3) is 3.61. The number of ether oxygens (including phenoxy) is 1. The van der Waals surface area contributed by atoms with Gasteiger partial charge in [0, 0.05) is 30.3 Å². The zero-order valence-corrected chi connectivity index (χ0v) is 14.7. The van der Waals surface area contributed by atoms with Crippen LogP contribution in [0, 0.1) is 5.92 Å². The Labute approximate surface area is 143 Å². The van der Waals surface area contributed by atoms with Crippen molar-refractivity contribution < 1.29 is 9.53 Å². The van der Waals surface area contributed by atoms with Gasteiger partial charge in [0.05, 0.1) is 5.69 Å². The molecule has 1 aromatic heterocycles. The normalized spacial score (nSPS) is 21.1. The van der Waals surface area contributed by atoms with E-state index in [1.54, 1.807) is 4.90 Å². The van der Waals surface area contributed by atoms with E-state index in [0.717, 1.165) is 17.0 Å².